The first kappa shape index (κ1) is 9.38. The highest BCUT2D eigenvalue weighted by Gasteiger charge is 2.25. The molecule has 16 heavy (non-hydrogen) atoms. The second-order valence-corrected chi connectivity index (χ2v) is 4.15. The molecule has 0 aromatic carbocycles. The molecule has 84 valence electrons. The summed E-state index contributed by atoms with van der Waals surface area (Å²) in [5, 5.41) is 3.98. The number of imidazole rings is 1. The Hall–Kier alpha value is -1.85. The standard InChI is InChI=1S/C10H13N5O/c1-13-9(11-7-12-13)6-14-4-5-15(10(14)16)8-2-3-8/h4-5,7-8H,2-3,6H2,1H3. The molecule has 3 rings (SSSR count). The first-order valence-corrected chi connectivity index (χ1v) is 5.36. The predicted molar refractivity (Wildman–Crippen MR) is 57.1 cm³/mol. The summed E-state index contributed by atoms with van der Waals surface area (Å²) in [6, 6.07) is 0.424. The molecule has 2 aromatic rings. The quantitative estimate of drug-likeness (QED) is 0.739. The van der Waals surface area contributed by atoms with Gasteiger partial charge in [0.25, 0.3) is 0 Å². The number of aryl methyl sites for hydroxylation is 1. The maximum atomic E-state index is 12.0. The van der Waals surface area contributed by atoms with E-state index in [-0.39, 0.29) is 5.69 Å². The first-order chi connectivity index (χ1) is 7.75. The zero-order valence-electron chi connectivity index (χ0n) is 9.08. The Kier molecular flexibility index (Phi) is 1.95. The van der Waals surface area contributed by atoms with Gasteiger partial charge in [-0.15, -0.1) is 0 Å². The van der Waals surface area contributed by atoms with E-state index in [2.05, 4.69) is 10.1 Å². The highest BCUT2D eigenvalue weighted by Crippen LogP contribution is 2.33. The second kappa shape index (κ2) is 3.33. The van der Waals surface area contributed by atoms with E-state index < -0.39 is 0 Å². The Morgan fingerprint density at radius 1 is 1.44 bits per heavy atom. The summed E-state index contributed by atoms with van der Waals surface area (Å²) in [5.74, 6) is 0.788. The summed E-state index contributed by atoms with van der Waals surface area (Å²) in [4.78, 5) is 16.1. The van der Waals surface area contributed by atoms with Gasteiger partial charge in [0.05, 0.1) is 6.54 Å². The van der Waals surface area contributed by atoms with Gasteiger partial charge < -0.3 is 0 Å². The number of rotatable bonds is 3. The van der Waals surface area contributed by atoms with Gasteiger partial charge in [0.15, 0.2) is 0 Å². The third-order valence-corrected chi connectivity index (χ3v) is 2.93. The van der Waals surface area contributed by atoms with Crippen LogP contribution in [0, 0.1) is 0 Å². The van der Waals surface area contributed by atoms with Crippen LogP contribution in [0.2, 0.25) is 0 Å². The van der Waals surface area contributed by atoms with Crippen LogP contribution >= 0.6 is 0 Å². The molecule has 1 aliphatic carbocycles. The van der Waals surface area contributed by atoms with E-state index in [4.69, 9.17) is 0 Å². The fourth-order valence-corrected chi connectivity index (χ4v) is 1.79. The molecular weight excluding hydrogens is 206 g/mol. The fourth-order valence-electron chi connectivity index (χ4n) is 1.79. The normalized spacial score (nSPS) is 15.6. The molecule has 6 nitrogen and oxygen atoms in total. The minimum atomic E-state index is 0.0468. The van der Waals surface area contributed by atoms with E-state index in [1.165, 1.54) is 6.33 Å². The van der Waals surface area contributed by atoms with Crippen LogP contribution in [0.15, 0.2) is 23.5 Å². The van der Waals surface area contributed by atoms with Crippen molar-refractivity contribution in [3.05, 3.63) is 35.0 Å². The molecule has 0 atom stereocenters. The summed E-state index contributed by atoms with van der Waals surface area (Å²) in [7, 11) is 1.82. The maximum absolute atomic E-state index is 12.0. The van der Waals surface area contributed by atoms with E-state index in [0.29, 0.717) is 12.6 Å². The summed E-state index contributed by atoms with van der Waals surface area (Å²) in [6.45, 7) is 0.481. The molecule has 1 fully saturated rings. The zero-order valence-corrected chi connectivity index (χ0v) is 9.08. The Morgan fingerprint density at radius 3 is 2.88 bits per heavy atom. The van der Waals surface area contributed by atoms with Gasteiger partial charge >= 0.3 is 5.69 Å². The molecule has 1 saturated carbocycles. The largest absolute Gasteiger partial charge is 0.328 e. The van der Waals surface area contributed by atoms with E-state index in [1.54, 1.807) is 13.8 Å². The Labute approximate surface area is 92.1 Å². The topological polar surface area (TPSA) is 57.6 Å². The Bertz CT molecular complexity index is 560. The SMILES string of the molecule is Cn1ncnc1Cn1ccn(C2CC2)c1=O. The van der Waals surface area contributed by atoms with Crippen molar-refractivity contribution in [2.75, 3.05) is 0 Å². The predicted octanol–water partition coefficient (Wildman–Crippen LogP) is 0.161. The Balaban J connectivity index is 1.90. The molecule has 0 aliphatic heterocycles. The number of hydrogen-bond donors (Lipinski definition) is 0. The third-order valence-electron chi connectivity index (χ3n) is 2.93. The monoisotopic (exact) mass is 219 g/mol. The molecule has 0 saturated heterocycles. The van der Waals surface area contributed by atoms with E-state index in [1.807, 2.05) is 19.4 Å². The first-order valence-electron chi connectivity index (χ1n) is 5.36. The molecule has 6 heteroatoms. The van der Waals surface area contributed by atoms with Gasteiger partial charge in [0.1, 0.15) is 12.2 Å². The van der Waals surface area contributed by atoms with Crippen molar-refractivity contribution >= 4 is 0 Å². The molecule has 0 bridgehead atoms. The van der Waals surface area contributed by atoms with Crippen molar-refractivity contribution in [1.29, 1.82) is 0 Å². The Morgan fingerprint density at radius 2 is 2.25 bits per heavy atom. The van der Waals surface area contributed by atoms with Crippen molar-refractivity contribution in [1.82, 2.24) is 23.9 Å². The van der Waals surface area contributed by atoms with Crippen molar-refractivity contribution in [2.24, 2.45) is 7.05 Å². The lowest BCUT2D eigenvalue weighted by Gasteiger charge is -2.00. The van der Waals surface area contributed by atoms with Crippen LogP contribution in [0.1, 0.15) is 24.7 Å². The highest BCUT2D eigenvalue weighted by atomic mass is 16.1. The summed E-state index contributed by atoms with van der Waals surface area (Å²) in [5.41, 5.74) is 0.0468. The van der Waals surface area contributed by atoms with Gasteiger partial charge in [-0.05, 0) is 12.8 Å². The minimum Gasteiger partial charge on any atom is -0.296 e. The molecule has 0 radical (unpaired) electrons. The zero-order chi connectivity index (χ0) is 11.1. The molecule has 1 aliphatic rings. The molecular formula is C10H13N5O. The van der Waals surface area contributed by atoms with Crippen LogP contribution < -0.4 is 5.69 Å². The van der Waals surface area contributed by atoms with Gasteiger partial charge in [0, 0.05) is 25.5 Å². The van der Waals surface area contributed by atoms with Crippen LogP contribution in [0.5, 0.6) is 0 Å². The van der Waals surface area contributed by atoms with Crippen LogP contribution in [0.25, 0.3) is 0 Å². The average molecular weight is 219 g/mol. The molecule has 0 spiro atoms. The van der Waals surface area contributed by atoms with Crippen molar-refractivity contribution < 1.29 is 0 Å². The molecule has 0 amide bonds. The second-order valence-electron chi connectivity index (χ2n) is 4.15. The fraction of sp³-hybridized carbons (Fsp3) is 0.500. The van der Waals surface area contributed by atoms with Gasteiger partial charge in [-0.1, -0.05) is 0 Å². The van der Waals surface area contributed by atoms with E-state index in [0.717, 1.165) is 18.7 Å². The number of aromatic nitrogens is 5. The van der Waals surface area contributed by atoms with Gasteiger partial charge in [-0.25, -0.2) is 9.78 Å². The lowest BCUT2D eigenvalue weighted by Crippen LogP contribution is -2.24. The average Bonchev–Trinajstić information content (AvgIpc) is 2.94. The molecule has 0 unspecified atom stereocenters. The third kappa shape index (κ3) is 1.46. The lowest BCUT2D eigenvalue weighted by atomic mass is 10.6. The van der Waals surface area contributed by atoms with Gasteiger partial charge in [0.2, 0.25) is 0 Å². The molecule has 0 N–H and O–H groups in total. The van der Waals surface area contributed by atoms with Crippen LogP contribution in [0.4, 0.5) is 0 Å². The molecule has 2 heterocycles. The smallest absolute Gasteiger partial charge is 0.296 e. The maximum Gasteiger partial charge on any atom is 0.328 e. The van der Waals surface area contributed by atoms with Gasteiger partial charge in [-0.2, -0.15) is 5.10 Å². The van der Waals surface area contributed by atoms with Crippen molar-refractivity contribution in [2.45, 2.75) is 25.4 Å². The summed E-state index contributed by atoms with van der Waals surface area (Å²) < 4.78 is 5.15. The van der Waals surface area contributed by atoms with E-state index in [9.17, 15) is 4.79 Å². The van der Waals surface area contributed by atoms with Crippen LogP contribution in [-0.4, -0.2) is 23.9 Å². The van der Waals surface area contributed by atoms with Crippen LogP contribution in [0.3, 0.4) is 0 Å². The highest BCUT2D eigenvalue weighted by molar-refractivity contribution is 4.94. The summed E-state index contributed by atoms with van der Waals surface area (Å²) in [6.07, 6.45) is 7.41. The van der Waals surface area contributed by atoms with E-state index >= 15 is 0 Å². The van der Waals surface area contributed by atoms with Crippen LogP contribution in [-0.2, 0) is 13.6 Å². The summed E-state index contributed by atoms with van der Waals surface area (Å²) >= 11 is 0. The van der Waals surface area contributed by atoms with Gasteiger partial charge in [-0.3, -0.25) is 13.8 Å². The minimum absolute atomic E-state index is 0.0468. The van der Waals surface area contributed by atoms with Crippen molar-refractivity contribution in [3.8, 4) is 0 Å². The van der Waals surface area contributed by atoms with Crippen molar-refractivity contribution in [3.63, 3.8) is 0 Å². The number of hydrogen-bond acceptors (Lipinski definition) is 3. The molecule has 2 aromatic heterocycles. The number of nitrogens with zero attached hydrogens (tertiary/aromatic N) is 5. The lowest BCUT2D eigenvalue weighted by molar-refractivity contribution is 0.613.